The van der Waals surface area contributed by atoms with Crippen LogP contribution in [-0.2, 0) is 4.74 Å². The van der Waals surface area contributed by atoms with Gasteiger partial charge in [0.25, 0.3) is 5.91 Å². The van der Waals surface area contributed by atoms with E-state index in [1.54, 1.807) is 12.1 Å². The molecule has 0 aliphatic carbocycles. The highest BCUT2D eigenvalue weighted by Gasteiger charge is 2.35. The van der Waals surface area contributed by atoms with E-state index in [4.69, 9.17) is 9.15 Å². The molecule has 1 aromatic rings. The zero-order valence-electron chi connectivity index (χ0n) is 11.7. The smallest absolute Gasteiger partial charge is 0.287 e. The summed E-state index contributed by atoms with van der Waals surface area (Å²) in [5.41, 5.74) is 0. The van der Waals surface area contributed by atoms with Gasteiger partial charge in [0.15, 0.2) is 5.76 Å². The summed E-state index contributed by atoms with van der Waals surface area (Å²) in [6.45, 7) is 5.44. The molecule has 2 saturated heterocycles. The number of nitrogens with zero attached hydrogens (tertiary/aromatic N) is 2. The Labute approximate surface area is 118 Å². The molecular weight excluding hydrogens is 258 g/mol. The van der Waals surface area contributed by atoms with E-state index in [0.29, 0.717) is 19.0 Å². The van der Waals surface area contributed by atoms with Crippen molar-refractivity contribution in [1.29, 1.82) is 0 Å². The van der Waals surface area contributed by atoms with Crippen LogP contribution in [0.15, 0.2) is 22.8 Å². The second kappa shape index (κ2) is 5.95. The van der Waals surface area contributed by atoms with Gasteiger partial charge in [0.05, 0.1) is 31.6 Å². The Hall–Kier alpha value is -1.37. The van der Waals surface area contributed by atoms with E-state index < -0.39 is 0 Å². The average molecular weight is 279 g/mol. The van der Waals surface area contributed by atoms with Gasteiger partial charge >= 0.3 is 0 Å². The van der Waals surface area contributed by atoms with Crippen molar-refractivity contribution in [3.05, 3.63) is 24.2 Å². The Kier molecular flexibility index (Phi) is 4.05. The molecule has 0 bridgehead atoms. The lowest BCUT2D eigenvalue weighted by Crippen LogP contribution is -2.56. The number of rotatable bonds is 3. The Morgan fingerprint density at radius 1 is 1.30 bits per heavy atom. The number of furan rings is 1. The van der Waals surface area contributed by atoms with Gasteiger partial charge in [-0.25, -0.2) is 0 Å². The maximum atomic E-state index is 12.1. The van der Waals surface area contributed by atoms with Gasteiger partial charge in [-0.3, -0.25) is 9.69 Å². The van der Waals surface area contributed by atoms with Crippen LogP contribution in [0.4, 0.5) is 0 Å². The third-order valence-electron chi connectivity index (χ3n) is 4.12. The van der Waals surface area contributed by atoms with E-state index in [1.165, 1.54) is 6.26 Å². The van der Waals surface area contributed by atoms with Crippen molar-refractivity contribution in [1.82, 2.24) is 15.1 Å². The maximum Gasteiger partial charge on any atom is 0.287 e. The number of nitrogens with one attached hydrogen (secondary N) is 1. The first-order chi connectivity index (χ1) is 9.74. The monoisotopic (exact) mass is 279 g/mol. The number of hydrogen-bond acceptors (Lipinski definition) is 5. The number of ether oxygens (including phenoxy) is 1. The minimum atomic E-state index is -0.162. The van der Waals surface area contributed by atoms with Gasteiger partial charge in [0.2, 0.25) is 0 Å². The predicted molar refractivity (Wildman–Crippen MR) is 73.6 cm³/mol. The molecule has 3 heterocycles. The Bertz CT molecular complexity index is 441. The van der Waals surface area contributed by atoms with Crippen LogP contribution in [0.3, 0.4) is 0 Å². The predicted octanol–water partition coefficient (Wildman–Crippen LogP) is 0.0242. The Morgan fingerprint density at radius 2 is 2.10 bits per heavy atom. The fraction of sp³-hybridized carbons (Fsp3) is 0.643. The van der Waals surface area contributed by atoms with E-state index in [1.807, 2.05) is 0 Å². The summed E-state index contributed by atoms with van der Waals surface area (Å²) in [5.74, 6) is 0.193. The molecular formula is C14H21N3O3. The van der Waals surface area contributed by atoms with Gasteiger partial charge in [-0.05, 0) is 19.2 Å². The summed E-state index contributed by atoms with van der Waals surface area (Å²) in [6, 6.07) is 3.70. The van der Waals surface area contributed by atoms with Gasteiger partial charge < -0.3 is 19.4 Å². The number of carbonyl (C=O) groups excluding carboxylic acids is 1. The van der Waals surface area contributed by atoms with Crippen LogP contribution in [0, 0.1) is 0 Å². The number of likely N-dealkylation sites (N-methyl/N-ethyl adjacent to an activating group) is 1. The number of hydrogen-bond donors (Lipinski definition) is 1. The quantitative estimate of drug-likeness (QED) is 0.845. The van der Waals surface area contributed by atoms with Gasteiger partial charge in [-0.1, -0.05) is 0 Å². The normalized spacial score (nSPS) is 28.6. The Balaban J connectivity index is 1.59. The molecule has 0 saturated carbocycles. The molecule has 2 aliphatic heterocycles. The van der Waals surface area contributed by atoms with E-state index >= 15 is 0 Å². The first-order valence-electron chi connectivity index (χ1n) is 7.09. The first-order valence-corrected chi connectivity index (χ1v) is 7.09. The number of piperazine rings is 1. The summed E-state index contributed by atoms with van der Waals surface area (Å²) in [4.78, 5) is 16.8. The van der Waals surface area contributed by atoms with Gasteiger partial charge in [-0.2, -0.15) is 0 Å². The Morgan fingerprint density at radius 3 is 2.80 bits per heavy atom. The molecule has 110 valence electrons. The number of amides is 1. The molecule has 2 atom stereocenters. The minimum absolute atomic E-state index is 0.0380. The van der Waals surface area contributed by atoms with Crippen molar-refractivity contribution in [2.24, 2.45) is 0 Å². The second-order valence-electron chi connectivity index (χ2n) is 5.50. The molecule has 2 aliphatic rings. The van der Waals surface area contributed by atoms with Crippen LogP contribution in [-0.4, -0.2) is 74.2 Å². The highest BCUT2D eigenvalue weighted by Crippen LogP contribution is 2.16. The summed E-state index contributed by atoms with van der Waals surface area (Å²) in [6.07, 6.45) is 1.51. The third-order valence-corrected chi connectivity index (χ3v) is 4.12. The molecule has 6 nitrogen and oxygen atoms in total. The molecule has 3 rings (SSSR count). The summed E-state index contributed by atoms with van der Waals surface area (Å²) >= 11 is 0. The standard InChI is InChI=1S/C14H21N3O3/c1-16-4-6-17(7-5-16)12-10-19-9-11(12)15-14(18)13-3-2-8-20-13/h2-3,8,11-12H,4-7,9-10H2,1H3,(H,15,18)/t11-,12-/m0/s1. The van der Waals surface area contributed by atoms with Gasteiger partial charge in [0, 0.05) is 26.2 Å². The number of carbonyl (C=O) groups is 1. The van der Waals surface area contributed by atoms with Gasteiger partial charge in [-0.15, -0.1) is 0 Å². The minimum Gasteiger partial charge on any atom is -0.459 e. The average Bonchev–Trinajstić information content (AvgIpc) is 3.10. The maximum absolute atomic E-state index is 12.1. The highest BCUT2D eigenvalue weighted by molar-refractivity contribution is 5.91. The topological polar surface area (TPSA) is 58.0 Å². The largest absolute Gasteiger partial charge is 0.459 e. The fourth-order valence-electron chi connectivity index (χ4n) is 2.84. The molecule has 1 amide bonds. The molecule has 1 N–H and O–H groups in total. The first kappa shape index (κ1) is 13.6. The molecule has 0 radical (unpaired) electrons. The third kappa shape index (κ3) is 2.87. The molecule has 20 heavy (non-hydrogen) atoms. The highest BCUT2D eigenvalue weighted by atomic mass is 16.5. The lowest BCUT2D eigenvalue weighted by atomic mass is 10.1. The second-order valence-corrected chi connectivity index (χ2v) is 5.50. The van der Waals surface area contributed by atoms with Crippen LogP contribution in [0.25, 0.3) is 0 Å². The lowest BCUT2D eigenvalue weighted by molar-refractivity contribution is 0.0812. The van der Waals surface area contributed by atoms with E-state index in [0.717, 1.165) is 26.2 Å². The van der Waals surface area contributed by atoms with Crippen molar-refractivity contribution in [3.8, 4) is 0 Å². The molecule has 1 aromatic heterocycles. The van der Waals surface area contributed by atoms with Crippen molar-refractivity contribution in [2.45, 2.75) is 12.1 Å². The molecule has 6 heteroatoms. The van der Waals surface area contributed by atoms with Crippen LogP contribution in [0.1, 0.15) is 10.6 Å². The van der Waals surface area contributed by atoms with Crippen LogP contribution in [0.2, 0.25) is 0 Å². The van der Waals surface area contributed by atoms with Crippen molar-refractivity contribution in [2.75, 3.05) is 46.4 Å². The zero-order chi connectivity index (χ0) is 13.9. The van der Waals surface area contributed by atoms with E-state index in [-0.39, 0.29) is 18.0 Å². The molecule has 0 aromatic carbocycles. The molecule has 0 unspecified atom stereocenters. The van der Waals surface area contributed by atoms with E-state index in [9.17, 15) is 4.79 Å². The fourth-order valence-corrected chi connectivity index (χ4v) is 2.84. The SMILES string of the molecule is CN1CCN([C@H]2COC[C@@H]2NC(=O)c2ccco2)CC1. The molecule has 0 spiro atoms. The van der Waals surface area contributed by atoms with Crippen LogP contribution < -0.4 is 5.32 Å². The van der Waals surface area contributed by atoms with Crippen LogP contribution >= 0.6 is 0 Å². The van der Waals surface area contributed by atoms with Crippen molar-refractivity contribution >= 4 is 5.91 Å². The van der Waals surface area contributed by atoms with Crippen molar-refractivity contribution < 1.29 is 13.9 Å². The van der Waals surface area contributed by atoms with Gasteiger partial charge in [0.1, 0.15) is 0 Å². The van der Waals surface area contributed by atoms with E-state index in [2.05, 4.69) is 22.2 Å². The molecule has 2 fully saturated rings. The van der Waals surface area contributed by atoms with Crippen molar-refractivity contribution in [3.63, 3.8) is 0 Å². The lowest BCUT2D eigenvalue weighted by Gasteiger charge is -2.37. The summed E-state index contributed by atoms with van der Waals surface area (Å²) in [5, 5.41) is 3.03. The summed E-state index contributed by atoms with van der Waals surface area (Å²) in [7, 11) is 2.14. The summed E-state index contributed by atoms with van der Waals surface area (Å²) < 4.78 is 10.7. The van der Waals surface area contributed by atoms with Crippen LogP contribution in [0.5, 0.6) is 0 Å². The zero-order valence-corrected chi connectivity index (χ0v) is 11.7.